The van der Waals surface area contributed by atoms with Crippen molar-refractivity contribution in [2.45, 2.75) is 6.61 Å². The Morgan fingerprint density at radius 1 is 1.41 bits per heavy atom. The minimum Gasteiger partial charge on any atom is -0.389 e. The molecule has 0 spiro atoms. The topological polar surface area (TPSA) is 119 Å². The van der Waals surface area contributed by atoms with Crippen LogP contribution in [0, 0.1) is 0 Å². The van der Waals surface area contributed by atoms with Crippen molar-refractivity contribution in [3.05, 3.63) is 63.3 Å². The van der Waals surface area contributed by atoms with E-state index in [4.69, 9.17) is 10.6 Å². The van der Waals surface area contributed by atoms with Gasteiger partial charge < -0.3 is 10.6 Å². The van der Waals surface area contributed by atoms with Crippen molar-refractivity contribution < 1.29 is 9.36 Å². The van der Waals surface area contributed by atoms with Crippen molar-refractivity contribution in [3.8, 4) is 0 Å². The van der Waals surface area contributed by atoms with Gasteiger partial charge in [0.2, 0.25) is 5.82 Å². The third kappa shape index (κ3) is 3.20. The van der Waals surface area contributed by atoms with Crippen LogP contribution in [0.15, 0.2) is 50.2 Å². The van der Waals surface area contributed by atoms with Gasteiger partial charge in [-0.05, 0) is 0 Å². The molecule has 1 aromatic carbocycles. The highest BCUT2D eigenvalue weighted by atomic mass is 32.1. The first-order valence-corrected chi connectivity index (χ1v) is 7.12. The molecule has 22 heavy (non-hydrogen) atoms. The molecule has 0 saturated heterocycles. The van der Waals surface area contributed by atoms with E-state index < -0.39 is 5.76 Å². The fraction of sp³-hybridized carbons (Fsp3) is 0.0769. The zero-order valence-corrected chi connectivity index (χ0v) is 12.0. The molecule has 112 valence electrons. The van der Waals surface area contributed by atoms with Crippen LogP contribution in [-0.4, -0.2) is 20.8 Å². The van der Waals surface area contributed by atoms with Crippen LogP contribution in [0.25, 0.3) is 0 Å². The fourth-order valence-electron chi connectivity index (χ4n) is 1.71. The lowest BCUT2D eigenvalue weighted by atomic mass is 10.1. The van der Waals surface area contributed by atoms with Crippen LogP contribution >= 0.6 is 11.3 Å². The molecule has 0 radical (unpaired) electrons. The lowest BCUT2D eigenvalue weighted by molar-refractivity contribution is 0.128. The normalized spacial score (nSPS) is 11.5. The van der Waals surface area contributed by atoms with Crippen LogP contribution in [0.5, 0.6) is 0 Å². The maximum Gasteiger partial charge on any atom is 0.439 e. The molecule has 0 unspecified atom stereocenters. The molecule has 0 fully saturated rings. The molecule has 2 aromatic heterocycles. The SMILES string of the molecule is Nc1nc(CO/N=C(\c2ccccc2)c2noc(=O)[nH]2)cs1. The predicted molar refractivity (Wildman–Crippen MR) is 80.5 cm³/mol. The van der Waals surface area contributed by atoms with E-state index in [1.807, 2.05) is 30.3 Å². The van der Waals surface area contributed by atoms with Crippen LogP contribution in [-0.2, 0) is 11.4 Å². The molecular weight excluding hydrogens is 306 g/mol. The van der Waals surface area contributed by atoms with Gasteiger partial charge in [-0.25, -0.2) is 9.78 Å². The number of nitrogens with two attached hydrogens (primary N) is 1. The molecule has 9 heteroatoms. The summed E-state index contributed by atoms with van der Waals surface area (Å²) in [5.74, 6) is -0.472. The number of thiazole rings is 1. The summed E-state index contributed by atoms with van der Waals surface area (Å²) in [4.78, 5) is 22.9. The number of H-pyrrole nitrogens is 1. The second kappa shape index (κ2) is 6.22. The van der Waals surface area contributed by atoms with Gasteiger partial charge in [0.25, 0.3) is 0 Å². The van der Waals surface area contributed by atoms with Crippen LogP contribution in [0.1, 0.15) is 17.1 Å². The second-order valence-corrected chi connectivity index (χ2v) is 5.09. The van der Waals surface area contributed by atoms with E-state index in [2.05, 4.69) is 24.8 Å². The zero-order chi connectivity index (χ0) is 15.4. The summed E-state index contributed by atoms with van der Waals surface area (Å²) < 4.78 is 4.51. The predicted octanol–water partition coefficient (Wildman–Crippen LogP) is 1.37. The van der Waals surface area contributed by atoms with E-state index in [0.29, 0.717) is 16.5 Å². The molecule has 8 nitrogen and oxygen atoms in total. The largest absolute Gasteiger partial charge is 0.439 e. The number of hydrogen-bond donors (Lipinski definition) is 2. The highest BCUT2D eigenvalue weighted by molar-refractivity contribution is 7.13. The number of aromatic nitrogens is 3. The Bertz CT molecular complexity index is 836. The Hall–Kier alpha value is -2.94. The lowest BCUT2D eigenvalue weighted by Crippen LogP contribution is -2.09. The Morgan fingerprint density at radius 3 is 2.86 bits per heavy atom. The number of anilines is 1. The van der Waals surface area contributed by atoms with Crippen molar-refractivity contribution in [1.29, 1.82) is 0 Å². The Kier molecular flexibility index (Phi) is 3.97. The molecule has 0 amide bonds. The molecule has 0 atom stereocenters. The molecule has 0 aliphatic heterocycles. The number of rotatable bonds is 5. The average molecular weight is 317 g/mol. The molecule has 0 bridgehead atoms. The van der Waals surface area contributed by atoms with Crippen molar-refractivity contribution in [3.63, 3.8) is 0 Å². The van der Waals surface area contributed by atoms with Crippen LogP contribution < -0.4 is 11.5 Å². The third-order valence-corrected chi connectivity index (χ3v) is 3.37. The monoisotopic (exact) mass is 317 g/mol. The molecule has 3 N–H and O–H groups in total. The van der Waals surface area contributed by atoms with Gasteiger partial charge in [0.15, 0.2) is 17.5 Å². The number of nitrogen functional groups attached to an aromatic ring is 1. The molecule has 3 rings (SSSR count). The molecule has 0 aliphatic carbocycles. The minimum atomic E-state index is -0.661. The van der Waals surface area contributed by atoms with E-state index >= 15 is 0 Å². The van der Waals surface area contributed by atoms with Crippen molar-refractivity contribution in [2.24, 2.45) is 5.16 Å². The summed E-state index contributed by atoms with van der Waals surface area (Å²) in [7, 11) is 0. The Labute approximate surface area is 128 Å². The summed E-state index contributed by atoms with van der Waals surface area (Å²) in [6.45, 7) is 0.159. The minimum absolute atomic E-state index is 0.159. The number of aromatic amines is 1. The molecule has 2 heterocycles. The van der Waals surface area contributed by atoms with E-state index in [-0.39, 0.29) is 12.4 Å². The smallest absolute Gasteiger partial charge is 0.389 e. The first-order chi connectivity index (χ1) is 10.7. The Balaban J connectivity index is 1.85. The van der Waals surface area contributed by atoms with Crippen molar-refractivity contribution >= 4 is 22.2 Å². The molecular formula is C13H11N5O3S. The Morgan fingerprint density at radius 2 is 2.23 bits per heavy atom. The van der Waals surface area contributed by atoms with Gasteiger partial charge in [-0.1, -0.05) is 40.6 Å². The molecule has 0 saturated carbocycles. The van der Waals surface area contributed by atoms with Gasteiger partial charge in [-0.3, -0.25) is 9.51 Å². The number of oxime groups is 1. The summed E-state index contributed by atoms with van der Waals surface area (Å²) >= 11 is 1.32. The highest BCUT2D eigenvalue weighted by Crippen LogP contribution is 2.12. The number of nitrogens with one attached hydrogen (secondary N) is 1. The van der Waals surface area contributed by atoms with E-state index in [1.165, 1.54) is 11.3 Å². The first-order valence-electron chi connectivity index (χ1n) is 6.24. The maximum atomic E-state index is 11.1. The number of benzene rings is 1. The van der Waals surface area contributed by atoms with Gasteiger partial charge in [0, 0.05) is 10.9 Å². The quantitative estimate of drug-likeness (QED) is 0.542. The lowest BCUT2D eigenvalue weighted by Gasteiger charge is -2.02. The fourth-order valence-corrected chi connectivity index (χ4v) is 2.26. The molecule has 3 aromatic rings. The first kappa shape index (κ1) is 14.0. The molecule has 0 aliphatic rings. The highest BCUT2D eigenvalue weighted by Gasteiger charge is 2.13. The van der Waals surface area contributed by atoms with Crippen LogP contribution in [0.4, 0.5) is 5.13 Å². The summed E-state index contributed by atoms with van der Waals surface area (Å²) in [6.07, 6.45) is 0. The van der Waals surface area contributed by atoms with E-state index in [9.17, 15) is 4.79 Å². The standard InChI is InChI=1S/C13H11N5O3S/c14-12-15-9(7-22-12)6-20-17-10(8-4-2-1-3-5-8)11-16-13(19)21-18-11/h1-5,7H,6H2,(H2,14,15)(H,16,18,19)/b17-10+. The third-order valence-electron chi connectivity index (χ3n) is 2.65. The summed E-state index contributed by atoms with van der Waals surface area (Å²) in [5, 5.41) is 9.91. The van der Waals surface area contributed by atoms with Crippen LogP contribution in [0.2, 0.25) is 0 Å². The van der Waals surface area contributed by atoms with Gasteiger partial charge in [0.1, 0.15) is 0 Å². The summed E-state index contributed by atoms with van der Waals surface area (Å²) in [5.41, 5.74) is 7.31. The van der Waals surface area contributed by atoms with Gasteiger partial charge >= 0.3 is 5.76 Å². The number of hydrogen-bond acceptors (Lipinski definition) is 8. The van der Waals surface area contributed by atoms with E-state index in [0.717, 1.165) is 5.56 Å². The average Bonchev–Trinajstić information content (AvgIpc) is 3.13. The summed E-state index contributed by atoms with van der Waals surface area (Å²) in [6, 6.07) is 9.17. The van der Waals surface area contributed by atoms with Gasteiger partial charge in [0.05, 0.1) is 5.69 Å². The van der Waals surface area contributed by atoms with Gasteiger partial charge in [-0.15, -0.1) is 11.3 Å². The second-order valence-electron chi connectivity index (χ2n) is 4.20. The van der Waals surface area contributed by atoms with Crippen molar-refractivity contribution in [1.82, 2.24) is 15.1 Å². The van der Waals surface area contributed by atoms with Gasteiger partial charge in [-0.2, -0.15) is 0 Å². The maximum absolute atomic E-state index is 11.1. The number of nitrogens with zero attached hydrogens (tertiary/aromatic N) is 3. The zero-order valence-electron chi connectivity index (χ0n) is 11.2. The van der Waals surface area contributed by atoms with Crippen LogP contribution in [0.3, 0.4) is 0 Å². The van der Waals surface area contributed by atoms with E-state index in [1.54, 1.807) is 5.38 Å². The van der Waals surface area contributed by atoms with Crippen molar-refractivity contribution in [2.75, 3.05) is 5.73 Å².